The zero-order valence-electron chi connectivity index (χ0n) is 12.9. The van der Waals surface area contributed by atoms with Crippen LogP contribution in [0.1, 0.15) is 54.4 Å². The van der Waals surface area contributed by atoms with Crippen LogP contribution in [0.4, 0.5) is 0 Å². The van der Waals surface area contributed by atoms with Crippen LogP contribution < -0.4 is 0 Å². The highest BCUT2D eigenvalue weighted by Gasteiger charge is 2.21. The molecule has 0 amide bonds. The van der Waals surface area contributed by atoms with Crippen LogP contribution in [0.15, 0.2) is 8.80 Å². The molecule has 0 aromatic rings. The molecular weight excluding hydrogens is 300 g/mol. The summed E-state index contributed by atoms with van der Waals surface area (Å²) in [5, 5.41) is -1.20. The van der Waals surface area contributed by atoms with Crippen molar-refractivity contribution in [1.82, 2.24) is 0 Å². The smallest absolute Gasteiger partial charge is 0.204 e. The van der Waals surface area contributed by atoms with Crippen molar-refractivity contribution in [3.05, 3.63) is 0 Å². The van der Waals surface area contributed by atoms with E-state index >= 15 is 0 Å². The normalized spacial score (nSPS) is 17.9. The maximum Gasteiger partial charge on any atom is 0.255 e. The van der Waals surface area contributed by atoms with Crippen molar-refractivity contribution >= 4 is 31.5 Å². The molecule has 8 heteroatoms. The lowest BCUT2D eigenvalue weighted by Crippen LogP contribution is -2.20. The van der Waals surface area contributed by atoms with E-state index in [2.05, 4.69) is 8.80 Å². The van der Waals surface area contributed by atoms with Gasteiger partial charge in [0.15, 0.2) is 0 Å². The molecule has 0 saturated carbocycles. The first kappa shape index (κ1) is 19.2. The summed E-state index contributed by atoms with van der Waals surface area (Å²) in [6, 6.07) is 0. The Hall–Kier alpha value is -0.760. The molecule has 0 aliphatic rings. The Balaban J connectivity index is 5.48. The van der Waals surface area contributed by atoms with E-state index in [1.54, 1.807) is 27.7 Å². The molecule has 0 aromatic carbocycles. The number of hydrogen-bond acceptors (Lipinski definition) is 4. The molecule has 0 bridgehead atoms. The minimum Gasteiger partial charge on any atom is -0.204 e. The second kappa shape index (κ2) is 7.31. The minimum absolute atomic E-state index is 0.108. The quantitative estimate of drug-likeness (QED) is 0.671. The Bertz CT molecular complexity index is 535. The molecule has 0 radical (unpaired) electrons. The molecule has 6 nitrogen and oxygen atoms in total. The summed E-state index contributed by atoms with van der Waals surface area (Å²) in [6.45, 7) is 9.53. The highest BCUT2D eigenvalue weighted by molar-refractivity contribution is 7.91. The van der Waals surface area contributed by atoms with Crippen molar-refractivity contribution in [1.29, 1.82) is 0 Å². The third-order valence-corrected chi connectivity index (χ3v) is 6.98. The topological polar surface area (TPSA) is 93.0 Å². The van der Waals surface area contributed by atoms with Gasteiger partial charge >= 0.3 is 0 Å². The predicted molar refractivity (Wildman–Crippen MR) is 83.6 cm³/mol. The Morgan fingerprint density at radius 1 is 0.800 bits per heavy atom. The van der Waals surface area contributed by atoms with Gasteiger partial charge in [0.25, 0.3) is 20.0 Å². The molecule has 0 fully saturated rings. The van der Waals surface area contributed by atoms with Crippen LogP contribution in [-0.4, -0.2) is 38.8 Å². The van der Waals surface area contributed by atoms with Gasteiger partial charge in [0.05, 0.1) is 21.9 Å². The third-order valence-electron chi connectivity index (χ3n) is 3.22. The molecule has 0 rings (SSSR count). The number of hydrogen-bond donors (Lipinski definition) is 0. The van der Waals surface area contributed by atoms with Crippen molar-refractivity contribution in [3.8, 4) is 0 Å². The van der Waals surface area contributed by atoms with E-state index < -0.39 is 30.5 Å². The molecular formula is C12H24N2O4S2. The molecule has 2 atom stereocenters. The zero-order chi connectivity index (χ0) is 16.1. The average molecular weight is 324 g/mol. The van der Waals surface area contributed by atoms with Gasteiger partial charge in [0, 0.05) is 0 Å². The van der Waals surface area contributed by atoms with Crippen LogP contribution in [-0.2, 0) is 20.0 Å². The van der Waals surface area contributed by atoms with Crippen molar-refractivity contribution < 1.29 is 16.8 Å². The van der Waals surface area contributed by atoms with Gasteiger partial charge in [-0.25, -0.2) is 16.8 Å². The van der Waals surface area contributed by atoms with Gasteiger partial charge in [-0.05, 0) is 40.5 Å². The van der Waals surface area contributed by atoms with Gasteiger partial charge in [-0.2, -0.15) is 8.80 Å². The molecule has 0 saturated heterocycles. The molecule has 20 heavy (non-hydrogen) atoms. The first-order valence-electron chi connectivity index (χ1n) is 6.59. The lowest BCUT2D eigenvalue weighted by molar-refractivity contribution is 0.581. The maximum atomic E-state index is 11.8. The van der Waals surface area contributed by atoms with Crippen LogP contribution in [0.5, 0.6) is 0 Å². The summed E-state index contributed by atoms with van der Waals surface area (Å²) in [5.74, 6) is 0. The van der Waals surface area contributed by atoms with Crippen LogP contribution >= 0.6 is 0 Å². The van der Waals surface area contributed by atoms with E-state index in [1.807, 2.05) is 0 Å². The summed E-state index contributed by atoms with van der Waals surface area (Å²) in [5.41, 5.74) is 0.217. The average Bonchev–Trinajstić information content (AvgIpc) is 2.35. The first-order valence-corrected chi connectivity index (χ1v) is 9.59. The van der Waals surface area contributed by atoms with Crippen LogP contribution in [0.3, 0.4) is 0 Å². The second-order valence-corrected chi connectivity index (χ2v) is 8.86. The van der Waals surface area contributed by atoms with Crippen LogP contribution in [0.25, 0.3) is 0 Å². The van der Waals surface area contributed by atoms with Gasteiger partial charge in [-0.1, -0.05) is 13.8 Å². The van der Waals surface area contributed by atoms with Crippen molar-refractivity contribution in [2.24, 2.45) is 8.80 Å². The van der Waals surface area contributed by atoms with Gasteiger partial charge in [-0.3, -0.25) is 0 Å². The van der Waals surface area contributed by atoms with Crippen molar-refractivity contribution in [2.45, 2.75) is 64.9 Å². The van der Waals surface area contributed by atoms with E-state index in [9.17, 15) is 16.8 Å². The monoisotopic (exact) mass is 324 g/mol. The summed E-state index contributed by atoms with van der Waals surface area (Å²) in [6.07, 6.45) is 0.890. The predicted octanol–water partition coefficient (Wildman–Crippen LogP) is 2.16. The van der Waals surface area contributed by atoms with Crippen molar-refractivity contribution in [2.75, 3.05) is 0 Å². The van der Waals surface area contributed by atoms with E-state index in [1.165, 1.54) is 13.8 Å². The first-order chi connectivity index (χ1) is 8.97. The lowest BCUT2D eigenvalue weighted by atomic mass is 10.3. The fourth-order valence-corrected chi connectivity index (χ4v) is 3.35. The summed E-state index contributed by atoms with van der Waals surface area (Å²) >= 11 is 0. The highest BCUT2D eigenvalue weighted by Crippen LogP contribution is 2.10. The zero-order valence-corrected chi connectivity index (χ0v) is 14.5. The molecule has 118 valence electrons. The molecule has 0 aromatic heterocycles. The van der Waals surface area contributed by atoms with E-state index in [0.717, 1.165) is 0 Å². The highest BCUT2D eigenvalue weighted by atomic mass is 32.2. The molecule has 0 aliphatic heterocycles. The second-order valence-electron chi connectivity index (χ2n) is 4.82. The molecule has 0 aliphatic carbocycles. The summed E-state index contributed by atoms with van der Waals surface area (Å²) in [4.78, 5) is 0. The molecule has 0 heterocycles. The third kappa shape index (κ3) is 5.32. The maximum absolute atomic E-state index is 11.8. The molecule has 2 unspecified atom stereocenters. The Kier molecular flexibility index (Phi) is 7.03. The number of nitrogens with zero attached hydrogens (tertiary/aromatic N) is 2. The largest absolute Gasteiger partial charge is 0.255 e. The van der Waals surface area contributed by atoms with Gasteiger partial charge in [0.2, 0.25) is 0 Å². The van der Waals surface area contributed by atoms with E-state index in [-0.39, 0.29) is 11.4 Å². The fraction of sp³-hybridized carbons (Fsp3) is 0.833. The molecule has 0 N–H and O–H groups in total. The Labute approximate surface area is 122 Å². The number of rotatable bonds is 7. The Morgan fingerprint density at radius 3 is 1.25 bits per heavy atom. The Morgan fingerprint density at radius 2 is 1.05 bits per heavy atom. The summed E-state index contributed by atoms with van der Waals surface area (Å²) in [7, 11) is -7.25. The van der Waals surface area contributed by atoms with Gasteiger partial charge in [-0.15, -0.1) is 0 Å². The van der Waals surface area contributed by atoms with E-state index in [0.29, 0.717) is 12.8 Å². The van der Waals surface area contributed by atoms with Gasteiger partial charge in [0.1, 0.15) is 0 Å². The lowest BCUT2D eigenvalue weighted by Gasteiger charge is -2.09. The van der Waals surface area contributed by atoms with Crippen LogP contribution in [0.2, 0.25) is 0 Å². The van der Waals surface area contributed by atoms with Gasteiger partial charge < -0.3 is 0 Å². The van der Waals surface area contributed by atoms with Crippen LogP contribution in [0, 0.1) is 0 Å². The molecule has 0 spiro atoms. The standard InChI is InChI=1S/C12H24N2O4S2/c1-7-9(3)19(15,16)13-11(5)12(6)14-20(17,18)10(4)8-2/h9-10H,7-8H2,1-6H3. The summed E-state index contributed by atoms with van der Waals surface area (Å²) < 4.78 is 54.6. The van der Waals surface area contributed by atoms with E-state index in [4.69, 9.17) is 0 Å². The minimum atomic E-state index is -3.62. The fourth-order valence-electron chi connectivity index (χ4n) is 1.12. The van der Waals surface area contributed by atoms with Crippen molar-refractivity contribution in [3.63, 3.8) is 0 Å². The SMILES string of the molecule is CCC(C)S(=O)(=O)N=C(C)C(C)=NS(=O)(=O)C(C)CC. The number of sulfonamides is 2.